The van der Waals surface area contributed by atoms with E-state index in [9.17, 15) is 14.7 Å². The summed E-state index contributed by atoms with van der Waals surface area (Å²) in [6, 6.07) is 12.5. The Labute approximate surface area is 150 Å². The molecule has 1 aliphatic carbocycles. The molecule has 1 saturated carbocycles. The van der Waals surface area contributed by atoms with Gasteiger partial charge in [-0.15, -0.1) is 0 Å². The molecule has 5 rings (SSSR count). The number of likely N-dealkylation sites (N-methyl/N-ethyl adjacent to an activating group) is 2. The van der Waals surface area contributed by atoms with E-state index in [1.54, 1.807) is 19.0 Å². The lowest BCUT2D eigenvalue weighted by molar-refractivity contribution is -0.0627. The molecule has 3 aliphatic rings. The fourth-order valence-corrected chi connectivity index (χ4v) is 4.95. The Kier molecular flexibility index (Phi) is 2.90. The Morgan fingerprint density at radius 3 is 2.50 bits per heavy atom. The quantitative estimate of drug-likeness (QED) is 0.811. The van der Waals surface area contributed by atoms with E-state index in [1.807, 2.05) is 47.0 Å². The van der Waals surface area contributed by atoms with Crippen LogP contribution in [0.4, 0.5) is 4.79 Å². The van der Waals surface area contributed by atoms with Crippen LogP contribution in [-0.4, -0.2) is 63.3 Å². The lowest BCUT2D eigenvalue weighted by atomic mass is 10.0. The first kappa shape index (κ1) is 15.5. The molecule has 2 N–H and O–H groups in total. The lowest BCUT2D eigenvalue weighted by Crippen LogP contribution is -2.56. The van der Waals surface area contributed by atoms with E-state index in [4.69, 9.17) is 0 Å². The first-order valence-corrected chi connectivity index (χ1v) is 8.74. The molecule has 3 amide bonds. The van der Waals surface area contributed by atoms with Gasteiger partial charge in [0.05, 0.1) is 12.1 Å². The number of urea groups is 1. The molecule has 1 aromatic heterocycles. The van der Waals surface area contributed by atoms with Gasteiger partial charge in [0.1, 0.15) is 11.7 Å². The third-order valence-electron chi connectivity index (χ3n) is 6.17. The van der Waals surface area contributed by atoms with Crippen molar-refractivity contribution in [2.24, 2.45) is 0 Å². The number of fused-ring (bicyclic) bond motifs is 5. The van der Waals surface area contributed by atoms with E-state index in [0.29, 0.717) is 12.1 Å². The zero-order valence-electron chi connectivity index (χ0n) is 14.6. The maximum Gasteiger partial charge on any atom is 0.322 e. The molecule has 0 radical (unpaired) electrons. The molecule has 0 unspecified atom stereocenters. The highest BCUT2D eigenvalue weighted by Gasteiger charge is 2.65. The number of hydrogen-bond donors (Lipinski definition) is 2. The number of benzene rings is 1. The van der Waals surface area contributed by atoms with Crippen molar-refractivity contribution in [2.45, 2.75) is 30.3 Å². The molecule has 7 heteroatoms. The van der Waals surface area contributed by atoms with Crippen LogP contribution in [0, 0.1) is 0 Å². The van der Waals surface area contributed by atoms with Gasteiger partial charge in [0.25, 0.3) is 5.91 Å². The Balaban J connectivity index is 1.66. The van der Waals surface area contributed by atoms with Gasteiger partial charge in [0, 0.05) is 26.2 Å². The zero-order valence-corrected chi connectivity index (χ0v) is 14.6. The summed E-state index contributed by atoms with van der Waals surface area (Å²) >= 11 is 0. The summed E-state index contributed by atoms with van der Waals surface area (Å²) in [6.45, 7) is 0. The third kappa shape index (κ3) is 1.71. The van der Waals surface area contributed by atoms with Crippen LogP contribution in [0.3, 0.4) is 0 Å². The van der Waals surface area contributed by atoms with E-state index in [2.05, 4.69) is 5.32 Å². The minimum Gasteiger partial charge on any atom is -0.368 e. The van der Waals surface area contributed by atoms with Crippen LogP contribution in [0.25, 0.3) is 11.3 Å². The van der Waals surface area contributed by atoms with Crippen LogP contribution in [0.15, 0.2) is 42.5 Å². The lowest BCUT2D eigenvalue weighted by Gasteiger charge is -2.35. The second-order valence-corrected chi connectivity index (χ2v) is 7.39. The Bertz CT molecular complexity index is 924. The highest BCUT2D eigenvalue weighted by atomic mass is 16.3. The van der Waals surface area contributed by atoms with Crippen molar-refractivity contribution in [2.75, 3.05) is 14.1 Å². The van der Waals surface area contributed by atoms with Crippen molar-refractivity contribution in [3.8, 4) is 11.3 Å². The molecule has 2 fully saturated rings. The molecule has 0 spiro atoms. The second kappa shape index (κ2) is 4.88. The number of rotatable bonds is 1. The Morgan fingerprint density at radius 2 is 1.77 bits per heavy atom. The number of aliphatic hydroxyl groups is 1. The molecule has 2 aliphatic heterocycles. The molecule has 3 heterocycles. The van der Waals surface area contributed by atoms with Gasteiger partial charge in [0.2, 0.25) is 0 Å². The van der Waals surface area contributed by atoms with E-state index in [1.165, 1.54) is 4.90 Å². The van der Waals surface area contributed by atoms with Gasteiger partial charge in [0.15, 0.2) is 5.72 Å². The van der Waals surface area contributed by atoms with Crippen molar-refractivity contribution in [3.63, 3.8) is 0 Å². The van der Waals surface area contributed by atoms with Crippen molar-refractivity contribution >= 4 is 11.9 Å². The van der Waals surface area contributed by atoms with Crippen LogP contribution in [-0.2, 0) is 0 Å². The predicted molar refractivity (Wildman–Crippen MR) is 94.4 cm³/mol. The standard InChI is InChI=1S/C19H20N4O3/c1-21-16-15-14(10-19(16,26)22(2)18(21)25)23-12(11-6-4-3-5-7-11)8-9-13(23)17(24)20-15/h3-9,14-16,26H,10H2,1-2H3,(H,20,24)/t14-,15-,16+,19+/m1/s1. The average Bonchev–Trinajstić information content (AvgIpc) is 3.25. The average molecular weight is 352 g/mol. The van der Waals surface area contributed by atoms with E-state index in [0.717, 1.165) is 11.3 Å². The Hall–Kier alpha value is -2.80. The van der Waals surface area contributed by atoms with Gasteiger partial charge in [-0.1, -0.05) is 30.3 Å². The smallest absolute Gasteiger partial charge is 0.322 e. The minimum atomic E-state index is -1.30. The second-order valence-electron chi connectivity index (χ2n) is 7.39. The number of carbonyl (C=O) groups is 2. The van der Waals surface area contributed by atoms with Gasteiger partial charge in [-0.05, 0) is 17.7 Å². The maximum atomic E-state index is 12.7. The van der Waals surface area contributed by atoms with Gasteiger partial charge in [-0.3, -0.25) is 9.69 Å². The first-order valence-electron chi connectivity index (χ1n) is 8.74. The van der Waals surface area contributed by atoms with E-state index < -0.39 is 11.8 Å². The number of nitrogens with zero attached hydrogens (tertiary/aromatic N) is 3. The summed E-state index contributed by atoms with van der Waals surface area (Å²) in [5.41, 5.74) is 1.26. The summed E-state index contributed by atoms with van der Waals surface area (Å²) in [6.07, 6.45) is 0.372. The normalized spacial score (nSPS) is 32.3. The molecule has 134 valence electrons. The molecule has 26 heavy (non-hydrogen) atoms. The number of nitrogens with one attached hydrogen (secondary N) is 1. The number of amides is 3. The summed E-state index contributed by atoms with van der Waals surface area (Å²) in [4.78, 5) is 28.0. The molecule has 0 bridgehead atoms. The van der Waals surface area contributed by atoms with Gasteiger partial charge < -0.3 is 19.9 Å². The summed E-state index contributed by atoms with van der Waals surface area (Å²) in [5, 5.41) is 14.3. The summed E-state index contributed by atoms with van der Waals surface area (Å²) < 4.78 is 2.03. The van der Waals surface area contributed by atoms with Crippen LogP contribution in [0.5, 0.6) is 0 Å². The Morgan fingerprint density at radius 1 is 1.08 bits per heavy atom. The molecular weight excluding hydrogens is 332 g/mol. The van der Waals surface area contributed by atoms with Crippen molar-refractivity contribution in [1.82, 2.24) is 19.7 Å². The fourth-order valence-electron chi connectivity index (χ4n) is 4.95. The topological polar surface area (TPSA) is 77.8 Å². The third-order valence-corrected chi connectivity index (χ3v) is 6.17. The highest BCUT2D eigenvalue weighted by Crippen LogP contribution is 2.49. The van der Waals surface area contributed by atoms with Gasteiger partial charge in [-0.25, -0.2) is 4.79 Å². The summed E-state index contributed by atoms with van der Waals surface area (Å²) in [5.74, 6) is -0.173. The van der Waals surface area contributed by atoms with Crippen LogP contribution in [0.2, 0.25) is 0 Å². The molecule has 1 aromatic carbocycles. The molecule has 7 nitrogen and oxygen atoms in total. The minimum absolute atomic E-state index is 0.124. The van der Waals surface area contributed by atoms with Crippen LogP contribution >= 0.6 is 0 Å². The van der Waals surface area contributed by atoms with E-state index >= 15 is 0 Å². The van der Waals surface area contributed by atoms with Crippen molar-refractivity contribution < 1.29 is 14.7 Å². The highest BCUT2D eigenvalue weighted by molar-refractivity contribution is 5.95. The predicted octanol–water partition coefficient (Wildman–Crippen LogP) is 1.27. The van der Waals surface area contributed by atoms with Crippen molar-refractivity contribution in [3.05, 3.63) is 48.2 Å². The van der Waals surface area contributed by atoms with E-state index in [-0.39, 0.29) is 24.0 Å². The largest absolute Gasteiger partial charge is 0.368 e. The fraction of sp³-hybridized carbons (Fsp3) is 0.368. The molecular formula is C19H20N4O3. The first-order chi connectivity index (χ1) is 12.4. The molecule has 2 aromatic rings. The number of carbonyl (C=O) groups excluding carboxylic acids is 2. The molecule has 4 atom stereocenters. The number of hydrogen-bond acceptors (Lipinski definition) is 3. The van der Waals surface area contributed by atoms with Gasteiger partial charge in [-0.2, -0.15) is 0 Å². The summed E-state index contributed by atoms with van der Waals surface area (Å²) in [7, 11) is 3.30. The monoisotopic (exact) mass is 352 g/mol. The van der Waals surface area contributed by atoms with Crippen LogP contribution in [0.1, 0.15) is 23.0 Å². The van der Waals surface area contributed by atoms with Crippen LogP contribution < -0.4 is 5.32 Å². The van der Waals surface area contributed by atoms with Gasteiger partial charge >= 0.3 is 6.03 Å². The number of aromatic nitrogens is 1. The van der Waals surface area contributed by atoms with Crippen molar-refractivity contribution in [1.29, 1.82) is 0 Å². The maximum absolute atomic E-state index is 12.7. The SMILES string of the molecule is CN1C(=O)N(C)[C@]2(O)C[C@@H]3[C@@H](NC(=O)c4ccc(-c5ccccc5)n43)[C@H]12. The molecule has 1 saturated heterocycles. The zero-order chi connectivity index (χ0) is 18.2.